The number of fused-ring (bicyclic) bond motifs is 3. The summed E-state index contributed by atoms with van der Waals surface area (Å²) in [5.74, 6) is 0.647. The van der Waals surface area contributed by atoms with E-state index in [2.05, 4.69) is 27.4 Å². The van der Waals surface area contributed by atoms with Crippen LogP contribution in [0.3, 0.4) is 0 Å². The first-order valence-electron chi connectivity index (χ1n) is 9.06. The molecule has 0 spiro atoms. The highest BCUT2D eigenvalue weighted by Gasteiger charge is 2.65. The summed E-state index contributed by atoms with van der Waals surface area (Å²) in [5, 5.41) is 22.0. The van der Waals surface area contributed by atoms with Crippen LogP contribution >= 0.6 is 0 Å². The molecule has 0 aromatic heterocycles. The van der Waals surface area contributed by atoms with Crippen molar-refractivity contribution in [2.24, 2.45) is 28.1 Å². The molecule has 0 aliphatic heterocycles. The largest absolute Gasteiger partial charge is 0.393 e. The third kappa shape index (κ3) is 2.19. The number of allylic oxidation sites excluding steroid dienone is 1. The number of hydrogen-bond acceptors (Lipinski definition) is 3. The summed E-state index contributed by atoms with van der Waals surface area (Å²) < 4.78 is 0. The normalized spacial score (nSPS) is 52.4. The van der Waals surface area contributed by atoms with Crippen molar-refractivity contribution in [2.75, 3.05) is 0 Å². The molecule has 130 valence electrons. The molecule has 3 aliphatic carbocycles. The third-order valence-electron chi connectivity index (χ3n) is 7.90. The molecule has 3 heteroatoms. The molecule has 0 radical (unpaired) electrons. The van der Waals surface area contributed by atoms with Gasteiger partial charge in [0.15, 0.2) is 0 Å². The van der Waals surface area contributed by atoms with Gasteiger partial charge < -0.3 is 10.2 Å². The van der Waals surface area contributed by atoms with Crippen LogP contribution in [0.15, 0.2) is 12.7 Å². The van der Waals surface area contributed by atoms with Gasteiger partial charge >= 0.3 is 0 Å². The first-order chi connectivity index (χ1) is 10.5. The molecule has 2 N–H and O–H groups in total. The van der Waals surface area contributed by atoms with E-state index in [0.717, 1.165) is 19.3 Å². The predicted molar refractivity (Wildman–Crippen MR) is 90.8 cm³/mol. The summed E-state index contributed by atoms with van der Waals surface area (Å²) in [6, 6.07) is 0. The number of rotatable bonds is 1. The van der Waals surface area contributed by atoms with Crippen LogP contribution in [-0.4, -0.2) is 27.7 Å². The monoisotopic (exact) mass is 320 g/mol. The molecule has 0 bridgehead atoms. The molecule has 3 nitrogen and oxygen atoms in total. The summed E-state index contributed by atoms with van der Waals surface area (Å²) in [7, 11) is 0. The van der Waals surface area contributed by atoms with E-state index in [0.29, 0.717) is 25.2 Å². The number of ketones is 1. The zero-order valence-corrected chi connectivity index (χ0v) is 15.1. The predicted octanol–water partition coefficient (Wildman–Crippen LogP) is 3.49. The highest BCUT2D eigenvalue weighted by molar-refractivity contribution is 5.87. The molecule has 0 aromatic rings. The Kier molecular flexibility index (Phi) is 3.67. The van der Waals surface area contributed by atoms with Crippen molar-refractivity contribution < 1.29 is 15.0 Å². The maximum Gasteiger partial charge on any atom is 0.143 e. The number of hydrogen-bond donors (Lipinski definition) is 2. The highest BCUT2D eigenvalue weighted by atomic mass is 16.3. The maximum absolute atomic E-state index is 12.8. The quantitative estimate of drug-likeness (QED) is 0.727. The zero-order valence-electron chi connectivity index (χ0n) is 15.1. The minimum atomic E-state index is -0.778. The van der Waals surface area contributed by atoms with Crippen molar-refractivity contribution in [1.29, 1.82) is 0 Å². The molecule has 0 aromatic carbocycles. The van der Waals surface area contributed by atoms with Gasteiger partial charge in [-0.3, -0.25) is 4.79 Å². The molecule has 0 unspecified atom stereocenters. The molecule has 3 saturated carbocycles. The van der Waals surface area contributed by atoms with Crippen LogP contribution in [0.5, 0.6) is 0 Å². The summed E-state index contributed by atoms with van der Waals surface area (Å²) in [5.41, 5.74) is -1.74. The lowest BCUT2D eigenvalue weighted by Gasteiger charge is -2.65. The third-order valence-corrected chi connectivity index (χ3v) is 7.90. The van der Waals surface area contributed by atoms with E-state index in [1.54, 1.807) is 0 Å². The fourth-order valence-electron chi connectivity index (χ4n) is 6.10. The van der Waals surface area contributed by atoms with Crippen LogP contribution in [0.25, 0.3) is 0 Å². The zero-order chi connectivity index (χ0) is 17.3. The van der Waals surface area contributed by atoms with E-state index >= 15 is 0 Å². The summed E-state index contributed by atoms with van der Waals surface area (Å²) in [4.78, 5) is 12.8. The van der Waals surface area contributed by atoms with Crippen LogP contribution in [0.1, 0.15) is 66.2 Å². The average Bonchev–Trinajstić information content (AvgIpc) is 2.44. The van der Waals surface area contributed by atoms with Gasteiger partial charge in [0, 0.05) is 11.8 Å². The summed E-state index contributed by atoms with van der Waals surface area (Å²) >= 11 is 0. The van der Waals surface area contributed by atoms with Crippen molar-refractivity contribution >= 4 is 5.78 Å². The van der Waals surface area contributed by atoms with Crippen LogP contribution in [0.2, 0.25) is 0 Å². The van der Waals surface area contributed by atoms with Gasteiger partial charge in [-0.2, -0.15) is 0 Å². The highest BCUT2D eigenvalue weighted by Crippen LogP contribution is 2.65. The lowest BCUT2D eigenvalue weighted by atomic mass is 9.41. The Labute approximate surface area is 140 Å². The van der Waals surface area contributed by atoms with Crippen LogP contribution in [0, 0.1) is 28.1 Å². The molecule has 0 heterocycles. The first-order valence-corrected chi connectivity index (χ1v) is 9.06. The summed E-state index contributed by atoms with van der Waals surface area (Å²) in [6.45, 7) is 12.2. The fraction of sp³-hybridized carbons (Fsp3) is 0.850. The Bertz CT molecular complexity index is 539. The van der Waals surface area contributed by atoms with Crippen molar-refractivity contribution in [3.63, 3.8) is 0 Å². The van der Waals surface area contributed by atoms with Gasteiger partial charge in [-0.1, -0.05) is 26.8 Å². The van der Waals surface area contributed by atoms with Gasteiger partial charge in [-0.05, 0) is 61.7 Å². The van der Waals surface area contributed by atoms with Gasteiger partial charge in [0.2, 0.25) is 0 Å². The second-order valence-electron chi connectivity index (χ2n) is 9.62. The second kappa shape index (κ2) is 4.92. The molecule has 0 saturated heterocycles. The molecule has 23 heavy (non-hydrogen) atoms. The number of aliphatic hydroxyl groups excluding tert-OH is 1. The van der Waals surface area contributed by atoms with Gasteiger partial charge in [0.25, 0.3) is 0 Å². The van der Waals surface area contributed by atoms with Gasteiger partial charge in [0.1, 0.15) is 5.78 Å². The van der Waals surface area contributed by atoms with Crippen LogP contribution < -0.4 is 0 Å². The van der Waals surface area contributed by atoms with E-state index in [1.165, 1.54) is 0 Å². The lowest BCUT2D eigenvalue weighted by molar-refractivity contribution is -0.238. The number of aliphatic hydroxyl groups is 2. The Morgan fingerprint density at radius 2 is 1.87 bits per heavy atom. The molecule has 3 rings (SSSR count). The van der Waals surface area contributed by atoms with Crippen molar-refractivity contribution in [2.45, 2.75) is 77.9 Å². The minimum absolute atomic E-state index is 0.00850. The number of carbonyl (C=O) groups is 1. The van der Waals surface area contributed by atoms with Crippen molar-refractivity contribution in [3.05, 3.63) is 12.7 Å². The Morgan fingerprint density at radius 1 is 1.22 bits per heavy atom. The Balaban J connectivity index is 2.02. The van der Waals surface area contributed by atoms with Crippen molar-refractivity contribution in [1.82, 2.24) is 0 Å². The van der Waals surface area contributed by atoms with E-state index in [9.17, 15) is 15.0 Å². The van der Waals surface area contributed by atoms with Gasteiger partial charge in [-0.15, -0.1) is 6.58 Å². The molecular weight excluding hydrogens is 288 g/mol. The van der Waals surface area contributed by atoms with E-state index in [4.69, 9.17) is 0 Å². The first kappa shape index (κ1) is 17.2. The Hall–Kier alpha value is -0.670. The minimum Gasteiger partial charge on any atom is -0.393 e. The number of Topliss-reactive ketones (excluding diaryl/α,β-unsaturated/α-hetero) is 1. The Morgan fingerprint density at radius 3 is 2.48 bits per heavy atom. The lowest BCUT2D eigenvalue weighted by Crippen LogP contribution is -2.66. The number of carbonyl (C=O) groups excluding carboxylic acids is 1. The van der Waals surface area contributed by atoms with Crippen molar-refractivity contribution in [3.8, 4) is 0 Å². The molecular formula is C20H32O3. The molecule has 0 amide bonds. The standard InChI is InChI=1S/C20H32O3/c1-6-18(4)10-13-7-8-20(23)15(19(13,5)12-16(18)22)9-14(21)11-17(20,2)3/h6,13-15,21,23H,1,7-12H2,2-5H3/t13-,14-,15+,18-,19-,20-/m0/s1. The van der Waals surface area contributed by atoms with E-state index < -0.39 is 11.0 Å². The van der Waals surface area contributed by atoms with E-state index in [1.807, 2.05) is 13.0 Å². The van der Waals surface area contributed by atoms with Gasteiger partial charge in [-0.25, -0.2) is 0 Å². The van der Waals surface area contributed by atoms with E-state index in [-0.39, 0.29) is 28.6 Å². The molecule has 6 atom stereocenters. The second-order valence-corrected chi connectivity index (χ2v) is 9.62. The van der Waals surface area contributed by atoms with Gasteiger partial charge in [0.05, 0.1) is 11.7 Å². The van der Waals surface area contributed by atoms with Crippen LogP contribution in [0.4, 0.5) is 0 Å². The fourth-order valence-corrected chi connectivity index (χ4v) is 6.10. The molecule has 3 fully saturated rings. The maximum atomic E-state index is 12.8. The van der Waals surface area contributed by atoms with Crippen LogP contribution in [-0.2, 0) is 4.79 Å². The SMILES string of the molecule is C=C[C@@]1(C)C[C@@H]2CC[C@]3(O)[C@H](C[C@H](O)CC3(C)C)[C@@]2(C)CC1=O. The smallest absolute Gasteiger partial charge is 0.143 e. The average molecular weight is 320 g/mol. The summed E-state index contributed by atoms with van der Waals surface area (Å²) in [6.07, 6.45) is 5.75. The topological polar surface area (TPSA) is 57.5 Å². The molecule has 3 aliphatic rings.